The first-order valence-electron chi connectivity index (χ1n) is 18.6. The van der Waals surface area contributed by atoms with Crippen molar-refractivity contribution in [3.63, 3.8) is 0 Å². The second-order valence-corrected chi connectivity index (χ2v) is 13.4. The Balaban J connectivity index is 0.877. The van der Waals surface area contributed by atoms with Crippen LogP contribution in [0.15, 0.2) is 224 Å². The van der Waals surface area contributed by atoms with Crippen molar-refractivity contribution in [2.75, 3.05) is 9.80 Å². The summed E-state index contributed by atoms with van der Waals surface area (Å²) in [4.78, 5) is 4.57. The molecule has 0 N–H and O–H groups in total. The number of allylic oxidation sites excluding steroid dienone is 5. The molecule has 54 heavy (non-hydrogen) atoms. The van der Waals surface area contributed by atoms with Gasteiger partial charge in [-0.05, 0) is 107 Å². The number of nitrogens with zero attached hydrogens (tertiary/aromatic N) is 2. The van der Waals surface area contributed by atoms with Crippen LogP contribution in [-0.4, -0.2) is 0 Å². The molecule has 0 saturated carbocycles. The molecule has 1 aliphatic rings. The summed E-state index contributed by atoms with van der Waals surface area (Å²) in [7, 11) is 0. The Labute approximate surface area is 319 Å². The number of hydrogen-bond acceptors (Lipinski definition) is 2. The van der Waals surface area contributed by atoms with Gasteiger partial charge < -0.3 is 9.80 Å². The zero-order valence-electron chi connectivity index (χ0n) is 30.2. The third kappa shape index (κ3) is 8.25. The number of para-hydroxylation sites is 4. The molecule has 0 amide bonds. The van der Waals surface area contributed by atoms with Crippen LogP contribution in [0.3, 0.4) is 0 Å². The molecule has 260 valence electrons. The summed E-state index contributed by atoms with van der Waals surface area (Å²) in [5, 5.41) is 0. The van der Waals surface area contributed by atoms with Gasteiger partial charge in [-0.25, -0.2) is 0 Å². The van der Waals surface area contributed by atoms with Crippen LogP contribution in [-0.2, 0) is 0 Å². The fourth-order valence-electron chi connectivity index (χ4n) is 6.92. The van der Waals surface area contributed by atoms with Gasteiger partial charge in [0, 0.05) is 40.0 Å². The average Bonchev–Trinajstić information content (AvgIpc) is 3.25. The zero-order valence-corrected chi connectivity index (χ0v) is 30.2. The lowest BCUT2D eigenvalue weighted by atomic mass is 9.89. The van der Waals surface area contributed by atoms with Gasteiger partial charge in [0.05, 0.1) is 0 Å². The van der Waals surface area contributed by atoms with Crippen molar-refractivity contribution in [3.05, 3.63) is 246 Å². The summed E-state index contributed by atoms with van der Waals surface area (Å²) in [6.07, 6.45) is 16.7. The maximum Gasteiger partial charge on any atom is 0.0462 e. The van der Waals surface area contributed by atoms with Crippen LogP contribution < -0.4 is 9.80 Å². The lowest BCUT2D eigenvalue weighted by Gasteiger charge is -2.25. The van der Waals surface area contributed by atoms with Crippen molar-refractivity contribution in [1.82, 2.24) is 0 Å². The number of hydrogen-bond donors (Lipinski definition) is 0. The van der Waals surface area contributed by atoms with Gasteiger partial charge in [-0.1, -0.05) is 164 Å². The van der Waals surface area contributed by atoms with Crippen LogP contribution in [0.25, 0.3) is 18.2 Å². The third-order valence-electron chi connectivity index (χ3n) is 9.79. The molecule has 8 rings (SSSR count). The van der Waals surface area contributed by atoms with Crippen LogP contribution in [0.1, 0.15) is 34.6 Å². The van der Waals surface area contributed by atoms with E-state index in [1.54, 1.807) is 0 Å². The van der Waals surface area contributed by atoms with Gasteiger partial charge in [0.25, 0.3) is 0 Å². The van der Waals surface area contributed by atoms with E-state index in [9.17, 15) is 0 Å². The minimum absolute atomic E-state index is 0.381. The highest BCUT2D eigenvalue weighted by Gasteiger charge is 2.13. The monoisotopic (exact) mass is 694 g/mol. The standard InChI is InChI=1S/C52H42N2/c1-5-13-47(14-6-1)53(48-15-7-2-8-16-48)51-37-29-43(30-38-51)23-21-41-25-33-45(34-26-41)46-35-27-42(28-36-46)22-24-44-31-39-52(40-32-44)54(49-17-9-3-10-18-49)50-19-11-4-12-20-50/h1-35,37-40,46H,36H2/b23-21+,24-22+. The van der Waals surface area contributed by atoms with E-state index in [4.69, 9.17) is 0 Å². The van der Waals surface area contributed by atoms with Crippen LogP contribution in [0, 0.1) is 0 Å². The maximum absolute atomic E-state index is 2.34. The fraction of sp³-hybridized carbons (Fsp3) is 0.0385. The van der Waals surface area contributed by atoms with E-state index >= 15 is 0 Å². The van der Waals surface area contributed by atoms with Crippen molar-refractivity contribution in [1.29, 1.82) is 0 Å². The van der Waals surface area contributed by atoms with Gasteiger partial charge in [0.15, 0.2) is 0 Å². The van der Waals surface area contributed by atoms with E-state index in [-0.39, 0.29) is 0 Å². The van der Waals surface area contributed by atoms with E-state index in [2.05, 4.69) is 246 Å². The summed E-state index contributed by atoms with van der Waals surface area (Å²) in [5.41, 5.74) is 12.9. The molecular formula is C52H42N2. The predicted octanol–water partition coefficient (Wildman–Crippen LogP) is 14.5. The molecule has 2 nitrogen and oxygen atoms in total. The third-order valence-corrected chi connectivity index (χ3v) is 9.79. The lowest BCUT2D eigenvalue weighted by Crippen LogP contribution is -2.09. The molecule has 1 aliphatic carbocycles. The molecule has 0 spiro atoms. The van der Waals surface area contributed by atoms with Crippen LogP contribution in [0.5, 0.6) is 0 Å². The van der Waals surface area contributed by atoms with Crippen LogP contribution in [0.4, 0.5) is 34.1 Å². The van der Waals surface area contributed by atoms with Crippen molar-refractivity contribution in [2.45, 2.75) is 12.3 Å². The van der Waals surface area contributed by atoms with E-state index in [0.29, 0.717) is 5.92 Å². The average molecular weight is 695 g/mol. The fourth-order valence-corrected chi connectivity index (χ4v) is 6.92. The Morgan fingerprint density at radius 1 is 0.352 bits per heavy atom. The quantitative estimate of drug-likeness (QED) is 0.124. The van der Waals surface area contributed by atoms with Crippen molar-refractivity contribution >= 4 is 52.4 Å². The van der Waals surface area contributed by atoms with Crippen molar-refractivity contribution < 1.29 is 0 Å². The summed E-state index contributed by atoms with van der Waals surface area (Å²) < 4.78 is 0. The molecule has 0 bridgehead atoms. The van der Waals surface area contributed by atoms with Crippen molar-refractivity contribution in [3.8, 4) is 0 Å². The zero-order chi connectivity index (χ0) is 36.4. The largest absolute Gasteiger partial charge is 0.311 e. The Morgan fingerprint density at radius 3 is 1.04 bits per heavy atom. The summed E-state index contributed by atoms with van der Waals surface area (Å²) >= 11 is 0. The molecule has 0 fully saturated rings. The first kappa shape index (κ1) is 34.2. The summed E-state index contributed by atoms with van der Waals surface area (Å²) in [6.45, 7) is 0. The SMILES string of the molecule is C1=CC(c2ccc(/C=C/c3ccc(N(c4ccccc4)c4ccccc4)cc3)cc2)CC=C1/C=C/c1ccc(N(c2ccccc2)c2ccccc2)cc1. The molecule has 2 heteroatoms. The Kier molecular flexibility index (Phi) is 10.5. The second-order valence-electron chi connectivity index (χ2n) is 13.4. The minimum atomic E-state index is 0.381. The minimum Gasteiger partial charge on any atom is -0.311 e. The van der Waals surface area contributed by atoms with Gasteiger partial charge in [-0.2, -0.15) is 0 Å². The summed E-state index contributed by atoms with van der Waals surface area (Å²) in [5.74, 6) is 0.381. The first-order chi connectivity index (χ1) is 26.8. The second kappa shape index (κ2) is 16.6. The smallest absolute Gasteiger partial charge is 0.0462 e. The highest BCUT2D eigenvalue weighted by atomic mass is 15.1. The Bertz CT molecular complexity index is 2280. The van der Waals surface area contributed by atoms with Gasteiger partial charge in [0.2, 0.25) is 0 Å². The van der Waals surface area contributed by atoms with Crippen molar-refractivity contribution in [2.24, 2.45) is 0 Å². The van der Waals surface area contributed by atoms with Gasteiger partial charge >= 0.3 is 0 Å². The van der Waals surface area contributed by atoms with Gasteiger partial charge in [0.1, 0.15) is 0 Å². The Morgan fingerprint density at radius 2 is 0.685 bits per heavy atom. The normalized spacial score (nSPS) is 13.9. The molecule has 7 aromatic carbocycles. The molecule has 1 unspecified atom stereocenters. The molecule has 0 aromatic heterocycles. The van der Waals surface area contributed by atoms with E-state index in [1.807, 2.05) is 0 Å². The number of benzene rings is 7. The predicted molar refractivity (Wildman–Crippen MR) is 231 cm³/mol. The van der Waals surface area contributed by atoms with Gasteiger partial charge in [-0.15, -0.1) is 0 Å². The molecular weight excluding hydrogens is 653 g/mol. The number of rotatable bonds is 11. The van der Waals surface area contributed by atoms with Gasteiger partial charge in [-0.3, -0.25) is 0 Å². The van der Waals surface area contributed by atoms with Crippen LogP contribution in [0.2, 0.25) is 0 Å². The number of anilines is 6. The van der Waals surface area contributed by atoms with E-state index < -0.39 is 0 Å². The Hall–Kier alpha value is -6.90. The topological polar surface area (TPSA) is 6.48 Å². The van der Waals surface area contributed by atoms with E-state index in [1.165, 1.54) is 27.8 Å². The van der Waals surface area contributed by atoms with E-state index in [0.717, 1.165) is 40.5 Å². The molecule has 0 radical (unpaired) electrons. The highest BCUT2D eigenvalue weighted by molar-refractivity contribution is 5.79. The molecule has 0 aliphatic heterocycles. The highest BCUT2D eigenvalue weighted by Crippen LogP contribution is 2.36. The molecule has 7 aromatic rings. The molecule has 0 heterocycles. The lowest BCUT2D eigenvalue weighted by molar-refractivity contribution is 0.848. The molecule has 0 saturated heterocycles. The van der Waals surface area contributed by atoms with Crippen LogP contribution >= 0.6 is 0 Å². The molecule has 1 atom stereocenters. The summed E-state index contributed by atoms with van der Waals surface area (Å²) in [6, 6.07) is 68.6. The first-order valence-corrected chi connectivity index (χ1v) is 18.6. The maximum atomic E-state index is 2.34.